The van der Waals surface area contributed by atoms with Crippen molar-refractivity contribution in [2.75, 3.05) is 19.6 Å². The molecule has 0 aliphatic carbocycles. The van der Waals surface area contributed by atoms with Crippen LogP contribution in [0.25, 0.3) is 0 Å². The molecule has 0 spiro atoms. The number of carbonyl (C=O) groups excluding carboxylic acids is 1. The number of hydrogen-bond donors (Lipinski definition) is 0. The zero-order valence-corrected chi connectivity index (χ0v) is 11.3. The van der Waals surface area contributed by atoms with Gasteiger partial charge in [0.05, 0.1) is 5.56 Å². The lowest BCUT2D eigenvalue weighted by Crippen LogP contribution is -2.37. The van der Waals surface area contributed by atoms with Gasteiger partial charge >= 0.3 is 5.97 Å². The van der Waals surface area contributed by atoms with Gasteiger partial charge in [-0.15, -0.1) is 0 Å². The van der Waals surface area contributed by atoms with E-state index in [0.717, 1.165) is 19.6 Å². The monoisotopic (exact) mass is 265 g/mol. The maximum atomic E-state index is 13.0. The first-order valence-electron chi connectivity index (χ1n) is 6.84. The summed E-state index contributed by atoms with van der Waals surface area (Å²) in [4.78, 5) is 14.2. The van der Waals surface area contributed by atoms with Crippen LogP contribution in [0.4, 0.5) is 4.39 Å². The van der Waals surface area contributed by atoms with E-state index in [0.29, 0.717) is 0 Å². The Kier molecular flexibility index (Phi) is 4.91. The van der Waals surface area contributed by atoms with E-state index in [9.17, 15) is 9.18 Å². The Morgan fingerprint density at radius 1 is 1.37 bits per heavy atom. The van der Waals surface area contributed by atoms with Gasteiger partial charge in [0.25, 0.3) is 0 Å². The second kappa shape index (κ2) is 6.66. The lowest BCUT2D eigenvalue weighted by atomic mass is 10.1. The van der Waals surface area contributed by atoms with Crippen molar-refractivity contribution >= 4 is 5.97 Å². The summed E-state index contributed by atoms with van der Waals surface area (Å²) in [7, 11) is 0. The molecule has 104 valence electrons. The van der Waals surface area contributed by atoms with Crippen LogP contribution < -0.4 is 0 Å². The smallest absolute Gasteiger partial charge is 0.338 e. The number of rotatable bonds is 4. The van der Waals surface area contributed by atoms with Crippen LogP contribution in [0.3, 0.4) is 0 Å². The Balaban J connectivity index is 1.84. The Morgan fingerprint density at radius 2 is 2.11 bits per heavy atom. The van der Waals surface area contributed by atoms with Gasteiger partial charge in [-0.25, -0.2) is 9.18 Å². The van der Waals surface area contributed by atoms with Crippen molar-refractivity contribution in [3.63, 3.8) is 0 Å². The van der Waals surface area contributed by atoms with E-state index >= 15 is 0 Å². The average molecular weight is 265 g/mol. The van der Waals surface area contributed by atoms with Gasteiger partial charge in [0.2, 0.25) is 0 Å². The molecule has 0 amide bonds. The molecule has 1 aliphatic rings. The molecular formula is C15H20FNO2. The standard InChI is InChI=1S/C15H20FNO2/c1-12(11-17-8-3-2-4-9-17)19-15(18)13-6-5-7-14(16)10-13/h5-7,10,12H,2-4,8-9,11H2,1H3/t12-/m0/s1. The van der Waals surface area contributed by atoms with Crippen LogP contribution in [0.15, 0.2) is 24.3 Å². The van der Waals surface area contributed by atoms with Gasteiger partial charge in [-0.05, 0) is 51.1 Å². The summed E-state index contributed by atoms with van der Waals surface area (Å²) in [6.07, 6.45) is 3.54. The van der Waals surface area contributed by atoms with Crippen LogP contribution in [-0.4, -0.2) is 36.6 Å². The highest BCUT2D eigenvalue weighted by Gasteiger charge is 2.17. The van der Waals surface area contributed by atoms with Crippen molar-refractivity contribution in [2.24, 2.45) is 0 Å². The van der Waals surface area contributed by atoms with Gasteiger partial charge in [0.1, 0.15) is 11.9 Å². The van der Waals surface area contributed by atoms with Gasteiger partial charge in [0, 0.05) is 6.54 Å². The van der Waals surface area contributed by atoms with Crippen molar-refractivity contribution in [3.05, 3.63) is 35.6 Å². The first-order valence-corrected chi connectivity index (χ1v) is 6.84. The van der Waals surface area contributed by atoms with Crippen molar-refractivity contribution < 1.29 is 13.9 Å². The van der Waals surface area contributed by atoms with Crippen LogP contribution in [0, 0.1) is 5.82 Å². The van der Waals surface area contributed by atoms with Gasteiger partial charge in [0.15, 0.2) is 0 Å². The van der Waals surface area contributed by atoms with Crippen LogP contribution in [0.5, 0.6) is 0 Å². The molecule has 0 saturated carbocycles. The predicted octanol–water partition coefficient (Wildman–Crippen LogP) is 2.86. The third-order valence-electron chi connectivity index (χ3n) is 3.33. The maximum Gasteiger partial charge on any atom is 0.338 e. The maximum absolute atomic E-state index is 13.0. The molecule has 0 bridgehead atoms. The highest BCUT2D eigenvalue weighted by molar-refractivity contribution is 5.89. The predicted molar refractivity (Wildman–Crippen MR) is 71.6 cm³/mol. The highest BCUT2D eigenvalue weighted by Crippen LogP contribution is 2.11. The third-order valence-corrected chi connectivity index (χ3v) is 3.33. The largest absolute Gasteiger partial charge is 0.458 e. The molecule has 4 heteroatoms. The molecule has 1 saturated heterocycles. The van der Waals surface area contributed by atoms with Gasteiger partial charge < -0.3 is 4.74 Å². The van der Waals surface area contributed by atoms with E-state index in [2.05, 4.69) is 4.90 Å². The molecule has 0 aromatic heterocycles. The summed E-state index contributed by atoms with van der Waals surface area (Å²) < 4.78 is 18.4. The van der Waals surface area contributed by atoms with Crippen molar-refractivity contribution in [1.82, 2.24) is 4.90 Å². The van der Waals surface area contributed by atoms with Crippen LogP contribution >= 0.6 is 0 Å². The summed E-state index contributed by atoms with van der Waals surface area (Å²) in [5.74, 6) is -0.873. The third kappa shape index (κ3) is 4.31. The van der Waals surface area contributed by atoms with E-state index in [-0.39, 0.29) is 11.7 Å². The Bertz CT molecular complexity index is 430. The van der Waals surface area contributed by atoms with Gasteiger partial charge in [-0.3, -0.25) is 4.90 Å². The quantitative estimate of drug-likeness (QED) is 0.784. The van der Waals surface area contributed by atoms with E-state index < -0.39 is 11.8 Å². The van der Waals surface area contributed by atoms with Crippen LogP contribution in [0.2, 0.25) is 0 Å². The minimum atomic E-state index is -0.455. The molecular weight excluding hydrogens is 245 g/mol. The van der Waals surface area contributed by atoms with E-state index in [1.807, 2.05) is 6.92 Å². The summed E-state index contributed by atoms with van der Waals surface area (Å²) in [6.45, 7) is 4.77. The number of likely N-dealkylation sites (tertiary alicyclic amines) is 1. The number of carbonyl (C=O) groups is 1. The molecule has 0 N–H and O–H groups in total. The molecule has 2 rings (SSSR count). The molecule has 1 aromatic rings. The number of piperidine rings is 1. The average Bonchev–Trinajstić information content (AvgIpc) is 2.39. The minimum absolute atomic E-state index is 0.172. The number of benzene rings is 1. The fourth-order valence-electron chi connectivity index (χ4n) is 2.41. The number of halogens is 1. The van der Waals surface area contributed by atoms with Crippen LogP contribution in [0.1, 0.15) is 36.5 Å². The summed E-state index contributed by atoms with van der Waals surface area (Å²) in [5.41, 5.74) is 0.269. The molecule has 1 aliphatic heterocycles. The molecule has 1 fully saturated rings. The zero-order chi connectivity index (χ0) is 13.7. The Labute approximate surface area is 113 Å². The molecule has 1 heterocycles. The second-order valence-corrected chi connectivity index (χ2v) is 5.09. The Hall–Kier alpha value is -1.42. The second-order valence-electron chi connectivity index (χ2n) is 5.09. The molecule has 1 atom stereocenters. The lowest BCUT2D eigenvalue weighted by molar-refractivity contribution is 0.0235. The van der Waals surface area contributed by atoms with Gasteiger partial charge in [-0.2, -0.15) is 0 Å². The normalized spacial score (nSPS) is 18.0. The lowest BCUT2D eigenvalue weighted by Gasteiger charge is -2.28. The van der Waals surface area contributed by atoms with E-state index in [1.165, 1.54) is 37.5 Å². The minimum Gasteiger partial charge on any atom is -0.458 e. The first-order chi connectivity index (χ1) is 9.15. The van der Waals surface area contributed by atoms with Crippen molar-refractivity contribution in [2.45, 2.75) is 32.3 Å². The number of nitrogens with zero attached hydrogens (tertiary/aromatic N) is 1. The first kappa shape index (κ1) is 14.0. The highest BCUT2D eigenvalue weighted by atomic mass is 19.1. The fraction of sp³-hybridized carbons (Fsp3) is 0.533. The summed E-state index contributed by atoms with van der Waals surface area (Å²) >= 11 is 0. The van der Waals surface area contributed by atoms with Gasteiger partial charge in [-0.1, -0.05) is 12.5 Å². The fourth-order valence-corrected chi connectivity index (χ4v) is 2.41. The number of ether oxygens (including phenoxy) is 1. The number of hydrogen-bond acceptors (Lipinski definition) is 3. The topological polar surface area (TPSA) is 29.5 Å². The van der Waals surface area contributed by atoms with E-state index in [4.69, 9.17) is 4.74 Å². The SMILES string of the molecule is C[C@@H](CN1CCCCC1)OC(=O)c1cccc(F)c1. The molecule has 19 heavy (non-hydrogen) atoms. The van der Waals surface area contributed by atoms with E-state index in [1.54, 1.807) is 6.07 Å². The zero-order valence-electron chi connectivity index (χ0n) is 11.3. The van der Waals surface area contributed by atoms with Crippen LogP contribution in [-0.2, 0) is 4.74 Å². The molecule has 1 aromatic carbocycles. The summed E-state index contributed by atoms with van der Waals surface area (Å²) in [6, 6.07) is 5.60. The molecule has 0 radical (unpaired) electrons. The molecule has 0 unspecified atom stereocenters. The molecule has 3 nitrogen and oxygen atoms in total. The Morgan fingerprint density at radius 3 is 2.79 bits per heavy atom. The number of esters is 1. The van der Waals surface area contributed by atoms with Crippen molar-refractivity contribution in [1.29, 1.82) is 0 Å². The van der Waals surface area contributed by atoms with Crippen molar-refractivity contribution in [3.8, 4) is 0 Å². The summed E-state index contributed by atoms with van der Waals surface area (Å²) in [5, 5.41) is 0.